The molecule has 1 aliphatic rings. The van der Waals surface area contributed by atoms with Crippen LogP contribution in [0, 0.1) is 0 Å². The van der Waals surface area contributed by atoms with Gasteiger partial charge in [-0.2, -0.15) is 5.21 Å². The molecule has 1 fully saturated rings. The van der Waals surface area contributed by atoms with Crippen molar-refractivity contribution in [2.75, 3.05) is 13.1 Å². The first kappa shape index (κ1) is 16.4. The number of carbonyl (C=O) groups is 1. The minimum absolute atomic E-state index is 0.0206. The summed E-state index contributed by atoms with van der Waals surface area (Å²) in [6.45, 7) is 3.71. The van der Waals surface area contributed by atoms with Gasteiger partial charge in [-0.15, -0.1) is 10.2 Å². The third-order valence-corrected chi connectivity index (χ3v) is 5.20. The van der Waals surface area contributed by atoms with Crippen LogP contribution < -0.4 is 0 Å². The van der Waals surface area contributed by atoms with Crippen molar-refractivity contribution in [1.82, 2.24) is 25.5 Å². The number of tetrazole rings is 1. The first-order valence-electron chi connectivity index (χ1n) is 8.85. The summed E-state index contributed by atoms with van der Waals surface area (Å²) in [5.74, 6) is 0.462. The molecule has 0 saturated carbocycles. The molecular weight excluding hydrogens is 326 g/mol. The SMILES string of the molecule is C[C@]1(c2ccccc2)CCCN(C(=O)c2ccccc2-c2nn[nH]n2)C1. The van der Waals surface area contributed by atoms with Crippen LogP contribution in [0.2, 0.25) is 0 Å². The molecule has 0 radical (unpaired) electrons. The highest BCUT2D eigenvalue weighted by Crippen LogP contribution is 2.34. The zero-order valence-electron chi connectivity index (χ0n) is 14.7. The fraction of sp³-hybridized carbons (Fsp3) is 0.300. The number of aromatic nitrogens is 4. The molecule has 1 aliphatic heterocycles. The number of likely N-dealkylation sites (tertiary alicyclic amines) is 1. The van der Waals surface area contributed by atoms with E-state index in [0.29, 0.717) is 23.5 Å². The molecule has 1 atom stereocenters. The highest BCUT2D eigenvalue weighted by Gasteiger charge is 2.35. The number of piperidine rings is 1. The molecule has 0 spiro atoms. The van der Waals surface area contributed by atoms with Gasteiger partial charge in [0.15, 0.2) is 0 Å². The van der Waals surface area contributed by atoms with E-state index in [0.717, 1.165) is 19.4 Å². The van der Waals surface area contributed by atoms with Gasteiger partial charge < -0.3 is 4.90 Å². The summed E-state index contributed by atoms with van der Waals surface area (Å²) < 4.78 is 0. The summed E-state index contributed by atoms with van der Waals surface area (Å²) in [5, 5.41) is 14.1. The Hall–Kier alpha value is -3.02. The van der Waals surface area contributed by atoms with E-state index in [1.807, 2.05) is 35.2 Å². The van der Waals surface area contributed by atoms with Crippen molar-refractivity contribution >= 4 is 5.91 Å². The maximum atomic E-state index is 13.3. The van der Waals surface area contributed by atoms with E-state index in [4.69, 9.17) is 0 Å². The number of amides is 1. The molecule has 1 saturated heterocycles. The maximum Gasteiger partial charge on any atom is 0.254 e. The predicted molar refractivity (Wildman–Crippen MR) is 98.5 cm³/mol. The summed E-state index contributed by atoms with van der Waals surface area (Å²) >= 11 is 0. The first-order chi connectivity index (χ1) is 12.7. The number of benzene rings is 2. The minimum Gasteiger partial charge on any atom is -0.338 e. The Kier molecular flexibility index (Phi) is 4.24. The fourth-order valence-electron chi connectivity index (χ4n) is 3.80. The molecule has 6 heteroatoms. The second-order valence-corrected chi connectivity index (χ2v) is 7.04. The molecule has 0 aliphatic carbocycles. The zero-order chi connectivity index (χ0) is 18.0. The van der Waals surface area contributed by atoms with Crippen molar-refractivity contribution in [3.8, 4) is 11.4 Å². The summed E-state index contributed by atoms with van der Waals surface area (Å²) in [6, 6.07) is 17.9. The number of hydrogen-bond donors (Lipinski definition) is 1. The monoisotopic (exact) mass is 347 g/mol. The lowest BCUT2D eigenvalue weighted by Crippen LogP contribution is -2.47. The van der Waals surface area contributed by atoms with E-state index in [1.165, 1.54) is 5.56 Å². The van der Waals surface area contributed by atoms with Crippen LogP contribution in [0.3, 0.4) is 0 Å². The van der Waals surface area contributed by atoms with Gasteiger partial charge in [-0.3, -0.25) is 4.79 Å². The van der Waals surface area contributed by atoms with Gasteiger partial charge in [0.2, 0.25) is 5.82 Å². The molecule has 132 valence electrons. The van der Waals surface area contributed by atoms with Crippen LogP contribution in [0.15, 0.2) is 54.6 Å². The highest BCUT2D eigenvalue weighted by molar-refractivity contribution is 6.00. The molecule has 2 heterocycles. The molecule has 3 aromatic rings. The summed E-state index contributed by atoms with van der Waals surface area (Å²) in [7, 11) is 0. The lowest BCUT2D eigenvalue weighted by Gasteiger charge is -2.41. The molecule has 26 heavy (non-hydrogen) atoms. The molecule has 4 rings (SSSR count). The highest BCUT2D eigenvalue weighted by atomic mass is 16.2. The van der Waals surface area contributed by atoms with Crippen LogP contribution in [-0.2, 0) is 5.41 Å². The molecule has 2 aromatic carbocycles. The normalized spacial score (nSPS) is 20.1. The number of carbonyl (C=O) groups excluding carboxylic acids is 1. The van der Waals surface area contributed by atoms with Crippen molar-refractivity contribution in [2.45, 2.75) is 25.2 Å². The lowest BCUT2D eigenvalue weighted by atomic mass is 9.76. The second-order valence-electron chi connectivity index (χ2n) is 7.04. The quantitative estimate of drug-likeness (QED) is 0.790. The van der Waals surface area contributed by atoms with E-state index in [-0.39, 0.29) is 11.3 Å². The van der Waals surface area contributed by atoms with E-state index in [9.17, 15) is 4.79 Å². The largest absolute Gasteiger partial charge is 0.338 e. The number of nitrogens with one attached hydrogen (secondary N) is 1. The summed E-state index contributed by atoms with van der Waals surface area (Å²) in [4.78, 5) is 15.2. The van der Waals surface area contributed by atoms with E-state index in [1.54, 1.807) is 0 Å². The van der Waals surface area contributed by atoms with Crippen molar-refractivity contribution in [1.29, 1.82) is 0 Å². The topological polar surface area (TPSA) is 74.8 Å². The molecule has 1 amide bonds. The van der Waals surface area contributed by atoms with Crippen LogP contribution in [0.25, 0.3) is 11.4 Å². The van der Waals surface area contributed by atoms with E-state index < -0.39 is 0 Å². The number of rotatable bonds is 3. The second kappa shape index (κ2) is 6.71. The van der Waals surface area contributed by atoms with Gasteiger partial charge in [0.05, 0.1) is 5.56 Å². The molecule has 0 bridgehead atoms. The van der Waals surface area contributed by atoms with Crippen LogP contribution >= 0.6 is 0 Å². The maximum absolute atomic E-state index is 13.3. The lowest BCUT2D eigenvalue weighted by molar-refractivity contribution is 0.0651. The van der Waals surface area contributed by atoms with Gasteiger partial charge in [0.25, 0.3) is 5.91 Å². The number of hydrogen-bond acceptors (Lipinski definition) is 4. The van der Waals surface area contributed by atoms with Crippen molar-refractivity contribution in [3.63, 3.8) is 0 Å². The average Bonchev–Trinajstić information content (AvgIpc) is 3.23. The zero-order valence-corrected chi connectivity index (χ0v) is 14.7. The van der Waals surface area contributed by atoms with E-state index >= 15 is 0 Å². The van der Waals surface area contributed by atoms with Crippen molar-refractivity contribution in [3.05, 3.63) is 65.7 Å². The Morgan fingerprint density at radius 3 is 2.65 bits per heavy atom. The standard InChI is InChI=1S/C20H21N5O/c1-20(15-8-3-2-4-9-15)12-7-13-25(14-20)19(26)17-11-6-5-10-16(17)18-21-23-24-22-18/h2-6,8-11H,7,12-14H2,1H3,(H,21,22,23,24)/t20-/m0/s1. The fourth-order valence-corrected chi connectivity index (χ4v) is 3.80. The number of aromatic amines is 1. The molecule has 1 aromatic heterocycles. The van der Waals surface area contributed by atoms with Crippen molar-refractivity contribution < 1.29 is 4.79 Å². The van der Waals surface area contributed by atoms with Crippen LogP contribution in [0.1, 0.15) is 35.7 Å². The first-order valence-corrected chi connectivity index (χ1v) is 8.85. The minimum atomic E-state index is -0.0315. The van der Waals surface area contributed by atoms with Gasteiger partial charge in [0, 0.05) is 24.1 Å². The van der Waals surface area contributed by atoms with Crippen LogP contribution in [0.5, 0.6) is 0 Å². The number of H-pyrrole nitrogens is 1. The van der Waals surface area contributed by atoms with Gasteiger partial charge >= 0.3 is 0 Å². The predicted octanol–water partition coefficient (Wildman–Crippen LogP) is 3.06. The third kappa shape index (κ3) is 2.98. The summed E-state index contributed by atoms with van der Waals surface area (Å²) in [6.07, 6.45) is 2.06. The van der Waals surface area contributed by atoms with Crippen molar-refractivity contribution in [2.24, 2.45) is 0 Å². The van der Waals surface area contributed by atoms with Gasteiger partial charge in [-0.05, 0) is 29.7 Å². The average molecular weight is 347 g/mol. The number of nitrogens with zero attached hydrogens (tertiary/aromatic N) is 4. The Morgan fingerprint density at radius 2 is 1.88 bits per heavy atom. The van der Waals surface area contributed by atoms with E-state index in [2.05, 4.69) is 51.8 Å². The molecule has 1 N–H and O–H groups in total. The Labute approximate surface area is 152 Å². The van der Waals surface area contributed by atoms with Crippen LogP contribution in [0.4, 0.5) is 0 Å². The smallest absolute Gasteiger partial charge is 0.254 e. The Morgan fingerprint density at radius 1 is 1.12 bits per heavy atom. The summed E-state index contributed by atoms with van der Waals surface area (Å²) in [5.41, 5.74) is 2.57. The Balaban J connectivity index is 1.63. The third-order valence-electron chi connectivity index (χ3n) is 5.20. The molecular formula is C20H21N5O. The molecule has 6 nitrogen and oxygen atoms in total. The van der Waals surface area contributed by atoms with Gasteiger partial charge in [-0.1, -0.05) is 55.5 Å². The van der Waals surface area contributed by atoms with Crippen LogP contribution in [-0.4, -0.2) is 44.5 Å². The Bertz CT molecular complexity index is 894. The molecule has 0 unspecified atom stereocenters. The van der Waals surface area contributed by atoms with Gasteiger partial charge in [-0.25, -0.2) is 0 Å². The van der Waals surface area contributed by atoms with Gasteiger partial charge in [0.1, 0.15) is 0 Å².